The second-order valence-corrected chi connectivity index (χ2v) is 5.92. The van der Waals surface area contributed by atoms with E-state index >= 15 is 0 Å². The summed E-state index contributed by atoms with van der Waals surface area (Å²) < 4.78 is 18.3. The van der Waals surface area contributed by atoms with Crippen LogP contribution in [0, 0.1) is 19.7 Å². The number of hydrogen-bond acceptors (Lipinski definition) is 5. The van der Waals surface area contributed by atoms with Gasteiger partial charge in [-0.15, -0.1) is 21.5 Å². The number of halogens is 1. The van der Waals surface area contributed by atoms with Crippen LogP contribution in [0.15, 0.2) is 34.7 Å². The molecule has 1 aromatic carbocycles. The molecule has 0 saturated carbocycles. The van der Waals surface area contributed by atoms with Crippen LogP contribution in [0.25, 0.3) is 10.8 Å². The number of hydrogen-bond donors (Lipinski definition) is 1. The van der Waals surface area contributed by atoms with E-state index in [1.165, 1.54) is 35.6 Å². The highest BCUT2D eigenvalue weighted by Gasteiger charge is 2.15. The molecule has 22 heavy (non-hydrogen) atoms. The zero-order chi connectivity index (χ0) is 15.7. The molecule has 0 unspecified atom stereocenters. The Hall–Kier alpha value is -2.54. The van der Waals surface area contributed by atoms with Gasteiger partial charge in [-0.1, -0.05) is 0 Å². The Bertz CT molecular complexity index is 824. The van der Waals surface area contributed by atoms with Gasteiger partial charge in [0.25, 0.3) is 11.8 Å². The molecule has 0 aliphatic heterocycles. The van der Waals surface area contributed by atoms with Crippen molar-refractivity contribution in [2.45, 2.75) is 13.8 Å². The van der Waals surface area contributed by atoms with Gasteiger partial charge < -0.3 is 9.73 Å². The van der Waals surface area contributed by atoms with Crippen molar-refractivity contribution in [1.29, 1.82) is 0 Å². The number of nitrogens with zero attached hydrogens (tertiary/aromatic N) is 2. The number of benzene rings is 1. The van der Waals surface area contributed by atoms with Gasteiger partial charge in [-0.05, 0) is 37.3 Å². The summed E-state index contributed by atoms with van der Waals surface area (Å²) in [5, 5.41) is 10.5. The first-order valence-corrected chi connectivity index (χ1v) is 7.32. The average molecular weight is 317 g/mol. The van der Waals surface area contributed by atoms with Crippen LogP contribution in [0.2, 0.25) is 0 Å². The number of rotatable bonds is 3. The van der Waals surface area contributed by atoms with Crippen molar-refractivity contribution in [2.24, 2.45) is 0 Å². The number of aromatic nitrogens is 2. The van der Waals surface area contributed by atoms with Crippen LogP contribution < -0.4 is 5.32 Å². The van der Waals surface area contributed by atoms with Gasteiger partial charge in [0.15, 0.2) is 0 Å². The van der Waals surface area contributed by atoms with E-state index in [2.05, 4.69) is 15.5 Å². The molecule has 3 aromatic rings. The van der Waals surface area contributed by atoms with Gasteiger partial charge in [0.2, 0.25) is 5.89 Å². The van der Waals surface area contributed by atoms with Crippen molar-refractivity contribution in [3.05, 3.63) is 52.5 Å². The van der Waals surface area contributed by atoms with Crippen molar-refractivity contribution in [2.75, 3.05) is 5.32 Å². The lowest BCUT2D eigenvalue weighted by atomic mass is 10.2. The molecule has 0 spiro atoms. The van der Waals surface area contributed by atoms with Crippen LogP contribution in [0.3, 0.4) is 0 Å². The number of nitrogens with one attached hydrogen (secondary N) is 1. The lowest BCUT2D eigenvalue weighted by Crippen LogP contribution is -2.11. The van der Waals surface area contributed by atoms with E-state index in [4.69, 9.17) is 4.42 Å². The van der Waals surface area contributed by atoms with Crippen LogP contribution in [-0.2, 0) is 0 Å². The molecular weight excluding hydrogens is 305 g/mol. The van der Waals surface area contributed by atoms with E-state index < -0.39 is 0 Å². The number of thiophene rings is 1. The molecule has 112 valence electrons. The summed E-state index contributed by atoms with van der Waals surface area (Å²) in [5.74, 6) is 0.234. The highest BCUT2D eigenvalue weighted by atomic mass is 32.1. The molecule has 3 rings (SSSR count). The van der Waals surface area contributed by atoms with E-state index in [9.17, 15) is 9.18 Å². The van der Waals surface area contributed by atoms with Gasteiger partial charge in [0.1, 0.15) is 5.82 Å². The van der Waals surface area contributed by atoms with Crippen molar-refractivity contribution in [3.8, 4) is 10.8 Å². The predicted molar refractivity (Wildman–Crippen MR) is 81.4 cm³/mol. The number of carbonyl (C=O) groups excluding carboxylic acids is 1. The van der Waals surface area contributed by atoms with E-state index in [-0.39, 0.29) is 11.7 Å². The summed E-state index contributed by atoms with van der Waals surface area (Å²) in [6.07, 6.45) is 0. The second-order valence-electron chi connectivity index (χ2n) is 4.67. The Morgan fingerprint density at radius 1 is 1.23 bits per heavy atom. The minimum atomic E-state index is -0.377. The number of aryl methyl sites for hydroxylation is 2. The van der Waals surface area contributed by atoms with E-state index in [0.29, 0.717) is 23.0 Å². The van der Waals surface area contributed by atoms with E-state index in [1.807, 2.05) is 6.92 Å². The molecule has 2 aromatic heterocycles. The Labute approximate surface area is 129 Å². The monoisotopic (exact) mass is 317 g/mol. The summed E-state index contributed by atoms with van der Waals surface area (Å²) in [5.41, 5.74) is 1.06. The Kier molecular flexibility index (Phi) is 3.72. The molecule has 7 heteroatoms. The van der Waals surface area contributed by atoms with E-state index in [0.717, 1.165) is 9.75 Å². The summed E-state index contributed by atoms with van der Waals surface area (Å²) >= 11 is 1.45. The molecule has 0 aliphatic carbocycles. The molecule has 0 bridgehead atoms. The quantitative estimate of drug-likeness (QED) is 0.797. The third-order valence-corrected chi connectivity index (χ3v) is 4.05. The van der Waals surface area contributed by atoms with Crippen LogP contribution in [0.1, 0.15) is 21.1 Å². The van der Waals surface area contributed by atoms with Crippen LogP contribution in [0.4, 0.5) is 10.1 Å². The Morgan fingerprint density at radius 2 is 1.95 bits per heavy atom. The smallest absolute Gasteiger partial charge is 0.257 e. The normalized spacial score (nSPS) is 10.7. The summed E-state index contributed by atoms with van der Waals surface area (Å²) in [4.78, 5) is 13.8. The summed E-state index contributed by atoms with van der Waals surface area (Å²) in [6, 6.07) is 7.17. The zero-order valence-electron chi connectivity index (χ0n) is 11.9. The van der Waals surface area contributed by atoms with Gasteiger partial charge in [-0.25, -0.2) is 4.39 Å². The van der Waals surface area contributed by atoms with E-state index in [1.54, 1.807) is 13.0 Å². The molecule has 2 heterocycles. The summed E-state index contributed by atoms with van der Waals surface area (Å²) in [6.45, 7) is 3.60. The molecule has 0 fully saturated rings. The second kappa shape index (κ2) is 5.69. The fraction of sp³-hybridized carbons (Fsp3) is 0.133. The van der Waals surface area contributed by atoms with Gasteiger partial charge in [-0.3, -0.25) is 4.79 Å². The Balaban J connectivity index is 1.82. The van der Waals surface area contributed by atoms with Gasteiger partial charge in [0, 0.05) is 17.4 Å². The van der Waals surface area contributed by atoms with Crippen molar-refractivity contribution < 1.29 is 13.6 Å². The first kappa shape index (κ1) is 14.4. The molecular formula is C15H12FN3O2S. The number of anilines is 1. The van der Waals surface area contributed by atoms with Crippen molar-refractivity contribution >= 4 is 22.9 Å². The van der Waals surface area contributed by atoms with Gasteiger partial charge in [-0.2, -0.15) is 0 Å². The highest BCUT2D eigenvalue weighted by Crippen LogP contribution is 2.33. The maximum atomic E-state index is 12.9. The standard InChI is InChI=1S/C15H12FN3O2S/c1-8-12(7-13(22-8)15-19-18-9(2)21-15)17-14(20)10-3-5-11(16)6-4-10/h3-7H,1-2H3,(H,17,20). The predicted octanol–water partition coefficient (Wildman–Crippen LogP) is 3.81. The molecule has 0 aliphatic rings. The number of amides is 1. The lowest BCUT2D eigenvalue weighted by Gasteiger charge is -2.04. The third kappa shape index (κ3) is 2.89. The number of carbonyl (C=O) groups is 1. The molecule has 0 saturated heterocycles. The topological polar surface area (TPSA) is 68.0 Å². The first-order chi connectivity index (χ1) is 10.5. The minimum absolute atomic E-state index is 0.297. The average Bonchev–Trinajstić information content (AvgIpc) is 3.06. The van der Waals surface area contributed by atoms with Crippen molar-refractivity contribution in [3.63, 3.8) is 0 Å². The maximum absolute atomic E-state index is 12.9. The lowest BCUT2D eigenvalue weighted by molar-refractivity contribution is 0.102. The zero-order valence-corrected chi connectivity index (χ0v) is 12.7. The molecule has 0 atom stereocenters. The molecule has 1 amide bonds. The largest absolute Gasteiger partial charge is 0.420 e. The highest BCUT2D eigenvalue weighted by molar-refractivity contribution is 7.15. The first-order valence-electron chi connectivity index (χ1n) is 6.51. The van der Waals surface area contributed by atoms with Gasteiger partial charge in [0.05, 0.1) is 10.6 Å². The Morgan fingerprint density at radius 3 is 2.59 bits per heavy atom. The molecule has 1 N–H and O–H groups in total. The third-order valence-electron chi connectivity index (χ3n) is 3.01. The fourth-order valence-electron chi connectivity index (χ4n) is 1.90. The van der Waals surface area contributed by atoms with Gasteiger partial charge >= 0.3 is 0 Å². The minimum Gasteiger partial charge on any atom is -0.420 e. The summed E-state index contributed by atoms with van der Waals surface area (Å²) in [7, 11) is 0. The van der Waals surface area contributed by atoms with Crippen LogP contribution in [0.5, 0.6) is 0 Å². The maximum Gasteiger partial charge on any atom is 0.257 e. The van der Waals surface area contributed by atoms with Crippen molar-refractivity contribution in [1.82, 2.24) is 10.2 Å². The van der Waals surface area contributed by atoms with Crippen LogP contribution >= 0.6 is 11.3 Å². The molecule has 5 nitrogen and oxygen atoms in total. The molecule has 0 radical (unpaired) electrons. The van der Waals surface area contributed by atoms with Crippen LogP contribution in [-0.4, -0.2) is 16.1 Å². The SMILES string of the molecule is Cc1nnc(-c2cc(NC(=O)c3ccc(F)cc3)c(C)s2)o1. The fourth-order valence-corrected chi connectivity index (χ4v) is 2.80.